The number of amides is 1. The van der Waals surface area contributed by atoms with Gasteiger partial charge in [-0.15, -0.1) is 0 Å². The average Bonchev–Trinajstić information content (AvgIpc) is 2.40. The Hall–Kier alpha value is -1.29. The summed E-state index contributed by atoms with van der Waals surface area (Å²) in [7, 11) is 0. The van der Waals surface area contributed by atoms with Gasteiger partial charge in [0.2, 0.25) is 5.91 Å². The van der Waals surface area contributed by atoms with Crippen molar-refractivity contribution < 1.29 is 4.79 Å². The summed E-state index contributed by atoms with van der Waals surface area (Å²) < 4.78 is 0. The number of aryl methyl sites for hydroxylation is 1. The molecule has 0 aromatic carbocycles. The van der Waals surface area contributed by atoms with E-state index < -0.39 is 0 Å². The topological polar surface area (TPSA) is 45.2 Å². The Labute approximate surface area is 119 Å². The van der Waals surface area contributed by atoms with Crippen LogP contribution in [-0.2, 0) is 4.79 Å². The van der Waals surface area contributed by atoms with Gasteiger partial charge in [0.25, 0.3) is 0 Å². The molecule has 1 aliphatic rings. The zero-order valence-corrected chi connectivity index (χ0v) is 12.2. The second-order valence-corrected chi connectivity index (χ2v) is 5.53. The number of pyridine rings is 1. The van der Waals surface area contributed by atoms with E-state index in [1.54, 1.807) is 6.92 Å². The van der Waals surface area contributed by atoms with Gasteiger partial charge in [-0.2, -0.15) is 0 Å². The maximum absolute atomic E-state index is 11.4. The maximum Gasteiger partial charge on any atom is 0.219 e. The van der Waals surface area contributed by atoms with Crippen LogP contribution in [0.25, 0.3) is 0 Å². The number of carbonyl (C=O) groups is 1. The van der Waals surface area contributed by atoms with E-state index in [-0.39, 0.29) is 5.91 Å². The summed E-state index contributed by atoms with van der Waals surface area (Å²) >= 11 is 5.95. The molecule has 5 heteroatoms. The summed E-state index contributed by atoms with van der Waals surface area (Å²) in [5.74, 6) is 1.52. The largest absolute Gasteiger partial charge is 0.370 e. The molecule has 0 aliphatic carbocycles. The molecule has 1 unspecified atom stereocenters. The highest BCUT2D eigenvalue weighted by Crippen LogP contribution is 2.19. The molecule has 19 heavy (non-hydrogen) atoms. The third-order valence-electron chi connectivity index (χ3n) is 3.56. The van der Waals surface area contributed by atoms with Crippen LogP contribution < -0.4 is 5.32 Å². The number of nitrogens with one attached hydrogen (secondary N) is 1. The zero-order valence-electron chi connectivity index (χ0n) is 11.4. The fraction of sp³-hybridized carbons (Fsp3) is 0.571. The highest BCUT2D eigenvalue weighted by Gasteiger charge is 2.21. The van der Waals surface area contributed by atoms with Crippen LogP contribution in [0.3, 0.4) is 0 Å². The van der Waals surface area contributed by atoms with E-state index in [1.165, 1.54) is 0 Å². The van der Waals surface area contributed by atoms with Crippen LogP contribution in [0.15, 0.2) is 12.1 Å². The summed E-state index contributed by atoms with van der Waals surface area (Å²) in [6, 6.07) is 3.75. The van der Waals surface area contributed by atoms with E-state index in [4.69, 9.17) is 11.6 Å². The minimum Gasteiger partial charge on any atom is -0.370 e. The third kappa shape index (κ3) is 3.83. The lowest BCUT2D eigenvalue weighted by Gasteiger charge is -2.32. The number of carbonyl (C=O) groups excluding carboxylic acids is 1. The lowest BCUT2D eigenvalue weighted by molar-refractivity contribution is -0.130. The molecule has 1 atom stereocenters. The number of hydrogen-bond donors (Lipinski definition) is 1. The number of nitrogens with zero attached hydrogens (tertiary/aromatic N) is 2. The molecule has 1 N–H and O–H groups in total. The molecule has 0 spiro atoms. The smallest absolute Gasteiger partial charge is 0.219 e. The van der Waals surface area contributed by atoms with Crippen molar-refractivity contribution in [3.05, 3.63) is 22.8 Å². The molecule has 104 valence electrons. The predicted molar refractivity (Wildman–Crippen MR) is 77.5 cm³/mol. The highest BCUT2D eigenvalue weighted by atomic mass is 35.5. The van der Waals surface area contributed by atoms with Crippen molar-refractivity contribution in [3.63, 3.8) is 0 Å². The molecule has 0 radical (unpaired) electrons. The Kier molecular flexibility index (Phi) is 4.64. The van der Waals surface area contributed by atoms with Gasteiger partial charge in [-0.05, 0) is 37.8 Å². The molecule has 0 saturated carbocycles. The van der Waals surface area contributed by atoms with Crippen molar-refractivity contribution in [2.24, 2.45) is 5.92 Å². The van der Waals surface area contributed by atoms with E-state index >= 15 is 0 Å². The van der Waals surface area contributed by atoms with Crippen LogP contribution in [0.4, 0.5) is 5.82 Å². The standard InChI is InChI=1S/C14H20ClN3O/c1-10-13(15)5-6-14(17-10)16-8-12-4-3-7-18(9-12)11(2)19/h5-6,12H,3-4,7-9H2,1-2H3,(H,16,17). The van der Waals surface area contributed by atoms with E-state index in [1.807, 2.05) is 24.0 Å². The fourth-order valence-electron chi connectivity index (χ4n) is 2.41. The number of aromatic nitrogens is 1. The van der Waals surface area contributed by atoms with Gasteiger partial charge >= 0.3 is 0 Å². The Morgan fingerprint density at radius 2 is 2.37 bits per heavy atom. The van der Waals surface area contributed by atoms with E-state index in [0.29, 0.717) is 10.9 Å². The van der Waals surface area contributed by atoms with Gasteiger partial charge in [-0.3, -0.25) is 4.79 Å². The van der Waals surface area contributed by atoms with Crippen LogP contribution in [0.1, 0.15) is 25.5 Å². The van der Waals surface area contributed by atoms with Crippen molar-refractivity contribution in [1.29, 1.82) is 0 Å². The molecule has 1 aliphatic heterocycles. The van der Waals surface area contributed by atoms with Crippen molar-refractivity contribution in [3.8, 4) is 0 Å². The lowest BCUT2D eigenvalue weighted by atomic mass is 9.98. The normalized spacial score (nSPS) is 19.3. The van der Waals surface area contributed by atoms with Crippen LogP contribution in [-0.4, -0.2) is 35.4 Å². The van der Waals surface area contributed by atoms with Crippen LogP contribution >= 0.6 is 11.6 Å². The number of hydrogen-bond acceptors (Lipinski definition) is 3. The first-order chi connectivity index (χ1) is 9.06. The fourth-order valence-corrected chi connectivity index (χ4v) is 2.51. The zero-order chi connectivity index (χ0) is 13.8. The van der Waals surface area contributed by atoms with Gasteiger partial charge in [0.1, 0.15) is 5.82 Å². The van der Waals surface area contributed by atoms with Crippen molar-refractivity contribution >= 4 is 23.3 Å². The van der Waals surface area contributed by atoms with Gasteiger partial charge in [0.05, 0.1) is 10.7 Å². The van der Waals surface area contributed by atoms with E-state index in [0.717, 1.165) is 44.0 Å². The molecule has 1 saturated heterocycles. The second-order valence-electron chi connectivity index (χ2n) is 5.12. The third-order valence-corrected chi connectivity index (χ3v) is 3.96. The molecular weight excluding hydrogens is 262 g/mol. The Balaban J connectivity index is 1.87. The Morgan fingerprint density at radius 3 is 3.05 bits per heavy atom. The van der Waals surface area contributed by atoms with Crippen molar-refractivity contribution in [2.75, 3.05) is 25.0 Å². The summed E-state index contributed by atoms with van der Waals surface area (Å²) in [6.07, 6.45) is 2.24. The number of likely N-dealkylation sites (tertiary alicyclic amines) is 1. The van der Waals surface area contributed by atoms with Gasteiger partial charge in [-0.25, -0.2) is 4.98 Å². The van der Waals surface area contributed by atoms with E-state index in [9.17, 15) is 4.79 Å². The molecule has 1 fully saturated rings. The minimum absolute atomic E-state index is 0.171. The summed E-state index contributed by atoms with van der Waals surface area (Å²) in [6.45, 7) is 6.11. The molecule has 0 bridgehead atoms. The maximum atomic E-state index is 11.4. The molecule has 1 aromatic rings. The lowest BCUT2D eigenvalue weighted by Crippen LogP contribution is -2.40. The SMILES string of the molecule is CC(=O)N1CCCC(CNc2ccc(Cl)c(C)n2)C1. The first-order valence-electron chi connectivity index (χ1n) is 6.69. The van der Waals surface area contributed by atoms with Gasteiger partial charge < -0.3 is 10.2 Å². The Morgan fingerprint density at radius 1 is 1.58 bits per heavy atom. The first kappa shape index (κ1) is 14.1. The number of piperidine rings is 1. The number of rotatable bonds is 3. The molecule has 1 aromatic heterocycles. The summed E-state index contributed by atoms with van der Waals surface area (Å²) in [5.41, 5.74) is 0.834. The summed E-state index contributed by atoms with van der Waals surface area (Å²) in [4.78, 5) is 17.7. The van der Waals surface area contributed by atoms with Gasteiger partial charge in [0.15, 0.2) is 0 Å². The molecule has 2 rings (SSSR count). The van der Waals surface area contributed by atoms with Crippen molar-refractivity contribution in [1.82, 2.24) is 9.88 Å². The minimum atomic E-state index is 0.171. The van der Waals surface area contributed by atoms with E-state index in [2.05, 4.69) is 10.3 Å². The number of anilines is 1. The second kappa shape index (κ2) is 6.24. The highest BCUT2D eigenvalue weighted by molar-refractivity contribution is 6.31. The van der Waals surface area contributed by atoms with Crippen LogP contribution in [0.2, 0.25) is 5.02 Å². The summed E-state index contributed by atoms with van der Waals surface area (Å²) in [5, 5.41) is 4.02. The van der Waals surface area contributed by atoms with Crippen LogP contribution in [0.5, 0.6) is 0 Å². The number of halogens is 1. The van der Waals surface area contributed by atoms with Gasteiger partial charge in [-0.1, -0.05) is 11.6 Å². The van der Waals surface area contributed by atoms with Gasteiger partial charge in [0, 0.05) is 26.6 Å². The molecule has 1 amide bonds. The monoisotopic (exact) mass is 281 g/mol. The molecular formula is C14H20ClN3O. The Bertz CT molecular complexity index is 464. The molecule has 2 heterocycles. The van der Waals surface area contributed by atoms with Crippen molar-refractivity contribution in [2.45, 2.75) is 26.7 Å². The first-order valence-corrected chi connectivity index (χ1v) is 7.06. The predicted octanol–water partition coefficient (Wildman–Crippen LogP) is 2.71. The quantitative estimate of drug-likeness (QED) is 0.927. The van der Waals surface area contributed by atoms with Crippen LogP contribution in [0, 0.1) is 12.8 Å². The molecule has 4 nitrogen and oxygen atoms in total. The average molecular weight is 282 g/mol.